The van der Waals surface area contributed by atoms with Gasteiger partial charge in [-0.1, -0.05) is 33.6 Å². The molecule has 0 amide bonds. The van der Waals surface area contributed by atoms with Crippen LogP contribution in [0.15, 0.2) is 62.1 Å². The predicted octanol–water partition coefficient (Wildman–Crippen LogP) is 2.46. The summed E-state index contributed by atoms with van der Waals surface area (Å²) in [4.78, 5) is -0.0601. The molecular formula is C15H14BrFN4O3S. The molecule has 3 N–H and O–H groups in total. The van der Waals surface area contributed by atoms with Crippen LogP contribution in [-0.4, -0.2) is 20.6 Å². The molecule has 0 unspecified atom stereocenters. The Morgan fingerprint density at radius 2 is 1.96 bits per heavy atom. The Kier molecular flexibility index (Phi) is 6.10. The van der Waals surface area contributed by atoms with Gasteiger partial charge in [-0.2, -0.15) is 13.5 Å². The standard InChI is InChI=1S/C15H14BrFN4O3S/c1-10-2-6-13(7-3-10)25(22,23)24-21-15(18)20-19-9-11-4-5-12(16)8-14(11)17/h2-9H,1H3,(H3,18,20,21). The van der Waals surface area contributed by atoms with Crippen LogP contribution in [0, 0.1) is 12.7 Å². The number of nitrogens with zero attached hydrogens (tertiary/aromatic N) is 2. The molecule has 10 heteroatoms. The fourth-order valence-electron chi connectivity index (χ4n) is 1.63. The fourth-order valence-corrected chi connectivity index (χ4v) is 2.70. The van der Waals surface area contributed by atoms with Crippen molar-refractivity contribution >= 4 is 38.2 Å². The Morgan fingerprint density at radius 1 is 1.28 bits per heavy atom. The number of hydrogen-bond donors (Lipinski definition) is 2. The highest BCUT2D eigenvalue weighted by molar-refractivity contribution is 9.10. The third kappa shape index (κ3) is 5.54. The van der Waals surface area contributed by atoms with Gasteiger partial charge in [0, 0.05) is 10.0 Å². The minimum Gasteiger partial charge on any atom is -0.366 e. The third-order valence-corrected chi connectivity index (χ3v) is 4.50. The molecule has 0 aliphatic heterocycles. The number of halogens is 2. The number of aryl methyl sites for hydroxylation is 1. The second kappa shape index (κ2) is 8.08. The Balaban J connectivity index is 1.99. The zero-order chi connectivity index (χ0) is 18.4. The highest BCUT2D eigenvalue weighted by atomic mass is 79.9. The number of hydrogen-bond acceptors (Lipinski definition) is 5. The van der Waals surface area contributed by atoms with Crippen molar-refractivity contribution in [3.63, 3.8) is 0 Å². The maximum atomic E-state index is 13.6. The van der Waals surface area contributed by atoms with Crippen molar-refractivity contribution in [2.75, 3.05) is 0 Å². The van der Waals surface area contributed by atoms with Crippen molar-refractivity contribution in [1.29, 1.82) is 0 Å². The normalized spacial score (nSPS) is 12.4. The molecule has 132 valence electrons. The minimum atomic E-state index is -4.09. The summed E-state index contributed by atoms with van der Waals surface area (Å²) in [6.07, 6.45) is 1.17. The molecule has 0 fully saturated rings. The van der Waals surface area contributed by atoms with Crippen LogP contribution in [0.3, 0.4) is 0 Å². The van der Waals surface area contributed by atoms with Gasteiger partial charge in [-0.3, -0.25) is 4.28 Å². The molecule has 0 aliphatic rings. The number of rotatable bonds is 5. The first-order chi connectivity index (χ1) is 11.8. The van der Waals surface area contributed by atoms with E-state index in [0.29, 0.717) is 4.47 Å². The Bertz CT molecular complexity index is 915. The van der Waals surface area contributed by atoms with Crippen LogP contribution in [0.4, 0.5) is 4.39 Å². The molecule has 0 bridgehead atoms. The van der Waals surface area contributed by atoms with Gasteiger partial charge in [0.15, 0.2) is 0 Å². The highest BCUT2D eigenvalue weighted by Gasteiger charge is 2.15. The summed E-state index contributed by atoms with van der Waals surface area (Å²) in [5, 5.41) is 6.90. The molecule has 2 aromatic carbocycles. The number of nitrogens with one attached hydrogen (secondary N) is 1. The first kappa shape index (κ1) is 18.9. The van der Waals surface area contributed by atoms with E-state index in [1.54, 1.807) is 18.2 Å². The summed E-state index contributed by atoms with van der Waals surface area (Å²) in [6.45, 7) is 1.82. The number of benzene rings is 2. The molecular weight excluding hydrogens is 415 g/mol. The first-order valence-electron chi connectivity index (χ1n) is 6.86. The van der Waals surface area contributed by atoms with Crippen LogP contribution in [0.25, 0.3) is 0 Å². The largest absolute Gasteiger partial charge is 0.366 e. The third-order valence-electron chi connectivity index (χ3n) is 2.89. The summed E-state index contributed by atoms with van der Waals surface area (Å²) in [5.74, 6) is -0.905. The van der Waals surface area contributed by atoms with Crippen molar-refractivity contribution in [1.82, 2.24) is 5.43 Å². The van der Waals surface area contributed by atoms with Crippen LogP contribution < -0.4 is 11.2 Å². The molecule has 0 spiro atoms. The molecule has 0 atom stereocenters. The van der Waals surface area contributed by atoms with E-state index in [9.17, 15) is 12.8 Å². The lowest BCUT2D eigenvalue weighted by Crippen LogP contribution is -2.28. The topological polar surface area (TPSA) is 106 Å². The van der Waals surface area contributed by atoms with E-state index in [1.165, 1.54) is 30.5 Å². The van der Waals surface area contributed by atoms with Gasteiger partial charge in [0.2, 0.25) is 0 Å². The molecule has 0 aliphatic carbocycles. The second-order valence-electron chi connectivity index (χ2n) is 4.85. The second-order valence-corrected chi connectivity index (χ2v) is 7.30. The average molecular weight is 429 g/mol. The summed E-state index contributed by atoms with van der Waals surface area (Å²) in [6, 6.07) is 10.4. The maximum absolute atomic E-state index is 13.6. The van der Waals surface area contributed by atoms with Crippen molar-refractivity contribution in [3.8, 4) is 0 Å². The van der Waals surface area contributed by atoms with E-state index < -0.39 is 21.9 Å². The van der Waals surface area contributed by atoms with Crippen LogP contribution in [0.2, 0.25) is 0 Å². The summed E-state index contributed by atoms with van der Waals surface area (Å²) in [7, 11) is -4.09. The van der Waals surface area contributed by atoms with Crippen LogP contribution in [-0.2, 0) is 14.4 Å². The maximum Gasteiger partial charge on any atom is 0.358 e. The molecule has 0 radical (unpaired) electrons. The van der Waals surface area contributed by atoms with E-state index in [4.69, 9.17) is 5.73 Å². The van der Waals surface area contributed by atoms with E-state index in [1.807, 2.05) is 6.92 Å². The van der Waals surface area contributed by atoms with E-state index in [0.717, 1.165) is 5.56 Å². The predicted molar refractivity (Wildman–Crippen MR) is 95.9 cm³/mol. The van der Waals surface area contributed by atoms with Gasteiger partial charge in [-0.25, -0.2) is 9.82 Å². The van der Waals surface area contributed by atoms with Gasteiger partial charge in [0.25, 0.3) is 5.96 Å². The van der Waals surface area contributed by atoms with Gasteiger partial charge in [-0.05, 0) is 42.4 Å². The smallest absolute Gasteiger partial charge is 0.358 e. The van der Waals surface area contributed by atoms with E-state index >= 15 is 0 Å². The number of guanidine groups is 1. The van der Waals surface area contributed by atoms with Crippen molar-refractivity contribution < 1.29 is 17.1 Å². The number of oxime groups is 1. The lowest BCUT2D eigenvalue weighted by Gasteiger charge is -2.03. The first-order valence-corrected chi connectivity index (χ1v) is 9.06. The van der Waals surface area contributed by atoms with Crippen molar-refractivity contribution in [2.24, 2.45) is 16.0 Å². The van der Waals surface area contributed by atoms with Crippen LogP contribution >= 0.6 is 15.9 Å². The SMILES string of the molecule is Cc1ccc(S(=O)(=O)ON=C(N)NN=Cc2ccc(Br)cc2F)cc1. The quantitative estimate of drug-likeness (QED) is 0.432. The summed E-state index contributed by atoms with van der Waals surface area (Å²) in [5.41, 5.74) is 8.79. The lowest BCUT2D eigenvalue weighted by molar-refractivity contribution is 0.336. The van der Waals surface area contributed by atoms with Crippen LogP contribution in [0.1, 0.15) is 11.1 Å². The zero-order valence-electron chi connectivity index (χ0n) is 13.0. The van der Waals surface area contributed by atoms with E-state index in [2.05, 4.69) is 35.9 Å². The summed E-state index contributed by atoms with van der Waals surface area (Å²) < 4.78 is 42.5. The van der Waals surface area contributed by atoms with Gasteiger partial charge < -0.3 is 5.73 Å². The molecule has 0 saturated carbocycles. The Labute approximate surface area is 152 Å². The molecule has 0 heterocycles. The van der Waals surface area contributed by atoms with Crippen LogP contribution in [0.5, 0.6) is 0 Å². The monoisotopic (exact) mass is 428 g/mol. The fraction of sp³-hybridized carbons (Fsp3) is 0.0667. The number of hydrazone groups is 1. The van der Waals surface area contributed by atoms with E-state index in [-0.39, 0.29) is 10.5 Å². The summed E-state index contributed by atoms with van der Waals surface area (Å²) >= 11 is 3.14. The molecule has 25 heavy (non-hydrogen) atoms. The number of nitrogens with two attached hydrogens (primary N) is 1. The van der Waals surface area contributed by atoms with Crippen molar-refractivity contribution in [3.05, 3.63) is 63.9 Å². The Morgan fingerprint density at radius 3 is 2.60 bits per heavy atom. The van der Waals surface area contributed by atoms with Crippen molar-refractivity contribution in [2.45, 2.75) is 11.8 Å². The molecule has 2 aromatic rings. The molecule has 0 aromatic heterocycles. The van der Waals surface area contributed by atoms with Gasteiger partial charge in [-0.15, -0.1) is 0 Å². The molecule has 2 rings (SSSR count). The lowest BCUT2D eigenvalue weighted by atomic mass is 10.2. The highest BCUT2D eigenvalue weighted by Crippen LogP contribution is 2.14. The van der Waals surface area contributed by atoms with Gasteiger partial charge >= 0.3 is 10.1 Å². The minimum absolute atomic E-state index is 0.0601. The molecule has 0 saturated heterocycles. The average Bonchev–Trinajstić information content (AvgIpc) is 2.55. The van der Waals surface area contributed by atoms with Gasteiger partial charge in [0.1, 0.15) is 10.7 Å². The molecule has 7 nitrogen and oxygen atoms in total. The zero-order valence-corrected chi connectivity index (χ0v) is 15.4. The Hall–Kier alpha value is -2.46. The van der Waals surface area contributed by atoms with Gasteiger partial charge in [0.05, 0.1) is 6.21 Å².